The van der Waals surface area contributed by atoms with Gasteiger partial charge in [0.1, 0.15) is 11.5 Å². The second kappa shape index (κ2) is 7.47. The summed E-state index contributed by atoms with van der Waals surface area (Å²) in [5, 5.41) is 14.9. The number of aromatic nitrogens is 6. The molecule has 8 nitrogen and oxygen atoms in total. The van der Waals surface area contributed by atoms with Crippen molar-refractivity contribution < 1.29 is 20.3 Å². The minimum absolute atomic E-state index is 0.0304. The Balaban J connectivity index is 1.46. The number of alkyl halides is 2. The molecule has 2 N–H and O–H groups in total. The smallest absolute Gasteiger partial charge is 0.314 e. The molecule has 12 heteroatoms. The van der Waals surface area contributed by atoms with Crippen LogP contribution in [0, 0.1) is 5.82 Å². The van der Waals surface area contributed by atoms with Crippen molar-refractivity contribution >= 4 is 26.7 Å². The molecule has 3 heterocycles. The van der Waals surface area contributed by atoms with E-state index in [4.69, 9.17) is 12.9 Å². The molecule has 31 heavy (non-hydrogen) atoms. The third-order valence-electron chi connectivity index (χ3n) is 4.27. The maximum Gasteiger partial charge on any atom is 0.314 e. The fourth-order valence-electron chi connectivity index (χ4n) is 2.85. The number of rotatable bonds is 5. The molecule has 0 amide bonds. The second-order valence-electron chi connectivity index (χ2n) is 6.34. The topological polar surface area (TPSA) is 109 Å². The Hall–Kier alpha value is -3.80. The van der Waals surface area contributed by atoms with Gasteiger partial charge >= 0.3 is 6.43 Å². The molecule has 0 fully saturated rings. The summed E-state index contributed by atoms with van der Waals surface area (Å²) in [4.78, 5) is 4.18. The molecular weight excluding hydrogens is 431 g/mol. The van der Waals surface area contributed by atoms with Gasteiger partial charge in [-0.15, -0.1) is 15.3 Å². The summed E-state index contributed by atoms with van der Waals surface area (Å²) in [6, 6.07) is 8.69. The number of anilines is 1. The summed E-state index contributed by atoms with van der Waals surface area (Å²) in [6.45, 7) is -2.41. The Kier molecular flexibility index (Phi) is 4.08. The summed E-state index contributed by atoms with van der Waals surface area (Å²) in [5.41, 5.74) is 7.17. The first kappa shape index (κ1) is 16.9. The molecule has 2 aromatic carbocycles. The van der Waals surface area contributed by atoms with E-state index >= 15 is 0 Å². The van der Waals surface area contributed by atoms with Crippen molar-refractivity contribution in [3.8, 4) is 22.7 Å². The molecule has 0 radical (unpaired) electrons. The highest BCUT2D eigenvalue weighted by atomic mass is 32.1. The zero-order chi connectivity index (χ0) is 23.3. The first-order chi connectivity index (χ1) is 15.7. The van der Waals surface area contributed by atoms with Gasteiger partial charge in [-0.05, 0) is 24.3 Å². The first-order valence-corrected chi connectivity index (χ1v) is 9.55. The minimum atomic E-state index is -2.96. The van der Waals surface area contributed by atoms with Crippen LogP contribution in [0.15, 0.2) is 47.0 Å². The van der Waals surface area contributed by atoms with Crippen LogP contribution in [-0.4, -0.2) is 30.2 Å². The van der Waals surface area contributed by atoms with Crippen molar-refractivity contribution in [2.24, 2.45) is 0 Å². The molecule has 0 atom stereocenters. The molecule has 0 aliphatic carbocycles. The molecule has 3 aromatic heterocycles. The van der Waals surface area contributed by atoms with Crippen LogP contribution in [0.3, 0.4) is 0 Å². The van der Waals surface area contributed by atoms with Gasteiger partial charge in [-0.25, -0.2) is 14.1 Å². The summed E-state index contributed by atoms with van der Waals surface area (Å²) in [6.07, 6.45) is -1.61. The molecule has 0 unspecified atom stereocenters. The summed E-state index contributed by atoms with van der Waals surface area (Å²) >= 11 is 1.30. The highest BCUT2D eigenvalue weighted by molar-refractivity contribution is 7.22. The molecule has 156 valence electrons. The van der Waals surface area contributed by atoms with E-state index in [1.807, 2.05) is 0 Å². The number of hydrogen-bond acceptors (Lipinski definition) is 8. The van der Waals surface area contributed by atoms with Crippen LogP contribution in [0.1, 0.15) is 20.6 Å². The SMILES string of the molecule is [2H]C([2H])(c1ccc(-c2nnc(C(F)F)o2)cc1F)n1cc(-c2ccc3nc(N)sc3c2)nn1. The highest BCUT2D eigenvalue weighted by Crippen LogP contribution is 2.29. The quantitative estimate of drug-likeness (QED) is 0.429. The monoisotopic (exact) mass is 445 g/mol. The van der Waals surface area contributed by atoms with E-state index < -0.39 is 24.6 Å². The second-order valence-corrected chi connectivity index (χ2v) is 7.40. The molecule has 0 spiro atoms. The molecule has 0 bridgehead atoms. The molecule has 5 rings (SSSR count). The number of nitrogens with two attached hydrogens (primary N) is 1. The Labute approximate surface area is 179 Å². The normalized spacial score (nSPS) is 13.0. The largest absolute Gasteiger partial charge is 0.415 e. The van der Waals surface area contributed by atoms with E-state index in [9.17, 15) is 13.2 Å². The van der Waals surface area contributed by atoms with Gasteiger partial charge in [0.15, 0.2) is 5.13 Å². The van der Waals surface area contributed by atoms with Gasteiger partial charge in [-0.3, -0.25) is 0 Å². The van der Waals surface area contributed by atoms with Gasteiger partial charge < -0.3 is 10.2 Å². The third-order valence-corrected chi connectivity index (χ3v) is 5.12. The standard InChI is InChI=1S/C19H12F3N7OS/c20-12-5-10(17-26-27-18(30-17)16(21)22)1-2-11(12)7-29-8-14(25-28-29)9-3-4-13-15(6-9)31-19(23)24-13/h1-6,8,16H,7H2,(H2,23,24)/i7D2. The van der Waals surface area contributed by atoms with Crippen LogP contribution in [-0.2, 0) is 6.50 Å². The van der Waals surface area contributed by atoms with E-state index in [0.717, 1.165) is 27.0 Å². The number of fused-ring (bicyclic) bond motifs is 1. The van der Waals surface area contributed by atoms with Gasteiger partial charge in [0.05, 0.1) is 25.7 Å². The lowest BCUT2D eigenvalue weighted by Crippen LogP contribution is -2.03. The fourth-order valence-corrected chi connectivity index (χ4v) is 3.63. The van der Waals surface area contributed by atoms with Gasteiger partial charge in [-0.1, -0.05) is 28.7 Å². The van der Waals surface area contributed by atoms with Crippen molar-refractivity contribution in [3.63, 3.8) is 0 Å². The highest BCUT2D eigenvalue weighted by Gasteiger charge is 2.18. The Morgan fingerprint density at radius 3 is 2.74 bits per heavy atom. The Morgan fingerprint density at radius 2 is 1.97 bits per heavy atom. The van der Waals surface area contributed by atoms with Crippen LogP contribution in [0.5, 0.6) is 0 Å². The maximum absolute atomic E-state index is 14.8. The predicted octanol–water partition coefficient (Wildman–Crippen LogP) is 4.31. The van der Waals surface area contributed by atoms with Gasteiger partial charge in [0.2, 0.25) is 5.89 Å². The zero-order valence-corrected chi connectivity index (χ0v) is 16.1. The van der Waals surface area contributed by atoms with Gasteiger partial charge in [-0.2, -0.15) is 8.78 Å². The van der Waals surface area contributed by atoms with E-state index in [1.54, 1.807) is 18.2 Å². The summed E-state index contributed by atoms with van der Waals surface area (Å²) in [5.74, 6) is -2.15. The fraction of sp³-hybridized carbons (Fsp3) is 0.105. The summed E-state index contributed by atoms with van der Waals surface area (Å²) in [7, 11) is 0. The number of thiazole rings is 1. The number of halogens is 3. The van der Waals surface area contributed by atoms with Crippen molar-refractivity contribution in [2.75, 3.05) is 5.73 Å². The van der Waals surface area contributed by atoms with E-state index in [1.165, 1.54) is 23.6 Å². The van der Waals surface area contributed by atoms with Crippen LogP contribution in [0.25, 0.3) is 32.9 Å². The molecule has 0 saturated carbocycles. The summed E-state index contributed by atoms with van der Waals surface area (Å²) < 4.78 is 63.5. The van der Waals surface area contributed by atoms with Gasteiger partial charge in [0, 0.05) is 16.7 Å². The lowest BCUT2D eigenvalue weighted by atomic mass is 10.1. The first-order valence-electron chi connectivity index (χ1n) is 9.73. The van der Waals surface area contributed by atoms with E-state index in [-0.39, 0.29) is 17.0 Å². The predicted molar refractivity (Wildman–Crippen MR) is 107 cm³/mol. The maximum atomic E-state index is 14.8. The van der Waals surface area contributed by atoms with Crippen molar-refractivity contribution in [1.82, 2.24) is 30.2 Å². The zero-order valence-electron chi connectivity index (χ0n) is 17.3. The van der Waals surface area contributed by atoms with Crippen LogP contribution >= 0.6 is 11.3 Å². The van der Waals surface area contributed by atoms with Crippen LogP contribution < -0.4 is 5.73 Å². The van der Waals surface area contributed by atoms with E-state index in [0.29, 0.717) is 16.4 Å². The number of benzene rings is 2. The average molecular weight is 445 g/mol. The van der Waals surface area contributed by atoms with Crippen molar-refractivity contribution in [3.05, 3.63) is 59.9 Å². The minimum Gasteiger partial charge on any atom is -0.415 e. The number of hydrogen-bond donors (Lipinski definition) is 1. The Bertz CT molecular complexity index is 1480. The average Bonchev–Trinajstić information content (AvgIpc) is 3.51. The van der Waals surface area contributed by atoms with Crippen LogP contribution in [0.4, 0.5) is 18.3 Å². The molecule has 0 saturated heterocycles. The van der Waals surface area contributed by atoms with Gasteiger partial charge in [0.25, 0.3) is 5.89 Å². The number of nitrogen functional groups attached to an aromatic ring is 1. The van der Waals surface area contributed by atoms with Crippen molar-refractivity contribution in [1.29, 1.82) is 0 Å². The molecule has 0 aliphatic heterocycles. The Morgan fingerprint density at radius 1 is 1.13 bits per heavy atom. The van der Waals surface area contributed by atoms with Crippen molar-refractivity contribution in [2.45, 2.75) is 12.9 Å². The van der Waals surface area contributed by atoms with Crippen LogP contribution in [0.2, 0.25) is 0 Å². The lowest BCUT2D eigenvalue weighted by molar-refractivity contribution is 0.116. The molecule has 0 aliphatic rings. The van der Waals surface area contributed by atoms with E-state index in [2.05, 4.69) is 25.5 Å². The third kappa shape index (κ3) is 3.72. The molecular formula is C19H12F3N7OS. The molecule has 5 aromatic rings. The lowest BCUT2D eigenvalue weighted by Gasteiger charge is -2.04. The number of nitrogens with zero attached hydrogens (tertiary/aromatic N) is 6.